The van der Waals surface area contributed by atoms with E-state index in [4.69, 9.17) is 18.9 Å². The van der Waals surface area contributed by atoms with Crippen LogP contribution in [0, 0.1) is 0 Å². The molecule has 186 valence electrons. The summed E-state index contributed by atoms with van der Waals surface area (Å²) in [6, 6.07) is 25.5. The van der Waals surface area contributed by atoms with Gasteiger partial charge in [0, 0.05) is 6.20 Å². The number of ether oxygens (including phenoxy) is 4. The largest absolute Gasteiger partial charge is 0.463 e. The number of nitrogens with zero attached hydrogens (tertiary/aromatic N) is 1. The molecule has 1 aliphatic heterocycles. The smallest absolute Gasteiger partial charge is 0.337 e. The van der Waals surface area contributed by atoms with Crippen molar-refractivity contribution in [3.05, 3.63) is 120 Å². The van der Waals surface area contributed by atoms with Crippen LogP contribution in [0.25, 0.3) is 6.08 Å². The van der Waals surface area contributed by atoms with Crippen molar-refractivity contribution in [3.63, 3.8) is 0 Å². The SMILES string of the molecule is CCOC(=O)/C(=C\c1ccccn1)[C@H]1C=C[C@H](OCc2ccccc2)[C@@H](COCc2ccccc2)O1. The minimum absolute atomic E-state index is 0.265. The van der Waals surface area contributed by atoms with E-state index in [2.05, 4.69) is 4.98 Å². The van der Waals surface area contributed by atoms with Crippen LogP contribution in [0.4, 0.5) is 0 Å². The van der Waals surface area contributed by atoms with E-state index in [9.17, 15) is 4.79 Å². The molecule has 2 heterocycles. The molecule has 6 heteroatoms. The molecule has 6 nitrogen and oxygen atoms in total. The van der Waals surface area contributed by atoms with Crippen molar-refractivity contribution in [3.8, 4) is 0 Å². The lowest BCUT2D eigenvalue weighted by atomic mass is 10.0. The van der Waals surface area contributed by atoms with Crippen molar-refractivity contribution in [2.45, 2.75) is 38.4 Å². The van der Waals surface area contributed by atoms with E-state index in [0.29, 0.717) is 31.1 Å². The highest BCUT2D eigenvalue weighted by molar-refractivity contribution is 5.95. The monoisotopic (exact) mass is 485 g/mol. The number of esters is 1. The molecule has 0 spiro atoms. The summed E-state index contributed by atoms with van der Waals surface area (Å²) in [7, 11) is 0. The lowest BCUT2D eigenvalue weighted by molar-refractivity contribution is -0.143. The molecular weight excluding hydrogens is 454 g/mol. The maximum atomic E-state index is 12.9. The summed E-state index contributed by atoms with van der Waals surface area (Å²) in [5, 5.41) is 0. The van der Waals surface area contributed by atoms with Crippen LogP contribution < -0.4 is 0 Å². The molecule has 2 aromatic carbocycles. The molecule has 36 heavy (non-hydrogen) atoms. The summed E-state index contributed by atoms with van der Waals surface area (Å²) >= 11 is 0. The molecule has 3 aromatic rings. The summed E-state index contributed by atoms with van der Waals surface area (Å²) in [5.74, 6) is -0.439. The Morgan fingerprint density at radius 2 is 1.61 bits per heavy atom. The number of hydrogen-bond acceptors (Lipinski definition) is 6. The summed E-state index contributed by atoms with van der Waals surface area (Å²) < 4.78 is 23.9. The molecule has 0 unspecified atom stereocenters. The van der Waals surface area contributed by atoms with Gasteiger partial charge in [-0.25, -0.2) is 4.79 Å². The zero-order valence-electron chi connectivity index (χ0n) is 20.4. The van der Waals surface area contributed by atoms with Crippen LogP contribution in [0.2, 0.25) is 0 Å². The van der Waals surface area contributed by atoms with Crippen molar-refractivity contribution >= 4 is 12.0 Å². The van der Waals surface area contributed by atoms with Gasteiger partial charge in [-0.2, -0.15) is 0 Å². The summed E-state index contributed by atoms with van der Waals surface area (Å²) in [5.41, 5.74) is 3.17. The van der Waals surface area contributed by atoms with Crippen LogP contribution in [0.5, 0.6) is 0 Å². The van der Waals surface area contributed by atoms with Crippen molar-refractivity contribution in [2.24, 2.45) is 0 Å². The maximum Gasteiger partial charge on any atom is 0.337 e. The van der Waals surface area contributed by atoms with Gasteiger partial charge < -0.3 is 18.9 Å². The van der Waals surface area contributed by atoms with Crippen LogP contribution in [-0.4, -0.2) is 42.5 Å². The van der Waals surface area contributed by atoms with E-state index < -0.39 is 18.2 Å². The average molecular weight is 486 g/mol. The first kappa shape index (κ1) is 25.5. The zero-order chi connectivity index (χ0) is 25.0. The minimum atomic E-state index is -0.618. The van der Waals surface area contributed by atoms with Gasteiger partial charge in [0.15, 0.2) is 0 Å². The molecule has 0 aliphatic carbocycles. The molecule has 0 fully saturated rings. The second kappa shape index (κ2) is 13.5. The van der Waals surface area contributed by atoms with E-state index in [1.807, 2.05) is 91.0 Å². The van der Waals surface area contributed by atoms with E-state index in [1.54, 1.807) is 19.2 Å². The number of carbonyl (C=O) groups excluding carboxylic acids is 1. The Balaban J connectivity index is 1.52. The van der Waals surface area contributed by atoms with Gasteiger partial charge in [-0.15, -0.1) is 0 Å². The molecule has 1 aliphatic rings. The highest BCUT2D eigenvalue weighted by Crippen LogP contribution is 2.25. The Bertz CT molecular complexity index is 1130. The number of rotatable bonds is 11. The average Bonchev–Trinajstić information content (AvgIpc) is 2.93. The van der Waals surface area contributed by atoms with Gasteiger partial charge in [0.25, 0.3) is 0 Å². The fourth-order valence-electron chi connectivity index (χ4n) is 3.85. The summed E-state index contributed by atoms with van der Waals surface area (Å²) in [6.45, 7) is 3.24. The lowest BCUT2D eigenvalue weighted by Crippen LogP contribution is -2.41. The molecule has 0 N–H and O–H groups in total. The van der Waals surface area contributed by atoms with E-state index in [1.165, 1.54) is 0 Å². The third-order valence-electron chi connectivity index (χ3n) is 5.65. The van der Waals surface area contributed by atoms with Crippen LogP contribution in [0.3, 0.4) is 0 Å². The standard InChI is InChI=1S/C30H31NO5/c1-2-34-30(32)26(19-25-15-9-10-18-31-25)27-16-17-28(35-21-24-13-7-4-8-14-24)29(36-27)22-33-20-23-11-5-3-6-12-23/h3-19,27-29H,2,20-22H2,1H3/b26-19-/t27-,28+,29-/m1/s1. The maximum absolute atomic E-state index is 12.9. The van der Waals surface area contributed by atoms with E-state index >= 15 is 0 Å². The molecule has 3 atom stereocenters. The Morgan fingerprint density at radius 3 is 2.28 bits per heavy atom. The van der Waals surface area contributed by atoms with Crippen molar-refractivity contribution < 1.29 is 23.7 Å². The van der Waals surface area contributed by atoms with Gasteiger partial charge in [0.1, 0.15) is 18.3 Å². The summed E-state index contributed by atoms with van der Waals surface area (Å²) in [4.78, 5) is 17.2. The van der Waals surface area contributed by atoms with Crippen molar-refractivity contribution in [1.29, 1.82) is 0 Å². The molecule has 0 saturated carbocycles. The number of hydrogen-bond donors (Lipinski definition) is 0. The van der Waals surface area contributed by atoms with E-state index in [0.717, 1.165) is 11.1 Å². The zero-order valence-corrected chi connectivity index (χ0v) is 20.4. The Morgan fingerprint density at radius 1 is 0.917 bits per heavy atom. The molecule has 1 aromatic heterocycles. The first-order valence-electron chi connectivity index (χ1n) is 12.1. The van der Waals surface area contributed by atoms with Crippen LogP contribution in [0.15, 0.2) is 103 Å². The highest BCUT2D eigenvalue weighted by atomic mass is 16.6. The fourth-order valence-corrected chi connectivity index (χ4v) is 3.85. The van der Waals surface area contributed by atoms with Gasteiger partial charge >= 0.3 is 5.97 Å². The van der Waals surface area contributed by atoms with Crippen LogP contribution in [-0.2, 0) is 37.0 Å². The highest BCUT2D eigenvalue weighted by Gasteiger charge is 2.32. The van der Waals surface area contributed by atoms with Gasteiger partial charge in [0.05, 0.1) is 37.7 Å². The first-order chi connectivity index (χ1) is 17.7. The first-order valence-corrected chi connectivity index (χ1v) is 12.1. The number of aromatic nitrogens is 1. The Labute approximate surface area is 212 Å². The Kier molecular flexibility index (Phi) is 9.56. The molecule has 0 radical (unpaired) electrons. The van der Waals surface area contributed by atoms with Gasteiger partial charge in [-0.3, -0.25) is 4.98 Å². The quantitative estimate of drug-likeness (QED) is 0.213. The van der Waals surface area contributed by atoms with E-state index in [-0.39, 0.29) is 12.7 Å². The van der Waals surface area contributed by atoms with Crippen molar-refractivity contribution in [1.82, 2.24) is 4.98 Å². The number of benzene rings is 2. The molecule has 0 bridgehead atoms. The third-order valence-corrected chi connectivity index (χ3v) is 5.65. The summed E-state index contributed by atoms with van der Waals surface area (Å²) in [6.07, 6.45) is 5.80. The van der Waals surface area contributed by atoms with Crippen LogP contribution in [0.1, 0.15) is 23.7 Å². The third kappa shape index (κ3) is 7.46. The second-order valence-corrected chi connectivity index (χ2v) is 8.32. The predicted octanol–water partition coefficient (Wildman–Crippen LogP) is 5.15. The lowest BCUT2D eigenvalue weighted by Gasteiger charge is -2.33. The van der Waals surface area contributed by atoms with Gasteiger partial charge in [-0.05, 0) is 36.3 Å². The number of pyridine rings is 1. The molecular formula is C30H31NO5. The van der Waals surface area contributed by atoms with Crippen molar-refractivity contribution in [2.75, 3.05) is 13.2 Å². The second-order valence-electron chi connectivity index (χ2n) is 8.32. The topological polar surface area (TPSA) is 66.9 Å². The minimum Gasteiger partial charge on any atom is -0.463 e. The fraction of sp³-hybridized carbons (Fsp3) is 0.267. The predicted molar refractivity (Wildman–Crippen MR) is 138 cm³/mol. The van der Waals surface area contributed by atoms with Gasteiger partial charge in [-0.1, -0.05) is 78.9 Å². The molecule has 4 rings (SSSR count). The molecule has 0 amide bonds. The molecule has 0 saturated heterocycles. The normalized spacial score (nSPS) is 19.7. The van der Waals surface area contributed by atoms with Gasteiger partial charge in [0.2, 0.25) is 0 Å². The Hall–Kier alpha value is -3.58. The number of carbonyl (C=O) groups is 1. The van der Waals surface area contributed by atoms with Crippen LogP contribution >= 0.6 is 0 Å².